The van der Waals surface area contributed by atoms with Crippen LogP contribution in [-0.4, -0.2) is 0 Å². The molecule has 1 aliphatic carbocycles. The maximum Gasteiger partial charge on any atom is 0.0467 e. The summed E-state index contributed by atoms with van der Waals surface area (Å²) in [5.74, 6) is 0. The van der Waals surface area contributed by atoms with E-state index in [-0.39, 0.29) is 5.41 Å². The molecule has 1 N–H and O–H groups in total. The van der Waals surface area contributed by atoms with Gasteiger partial charge < -0.3 is 5.32 Å². The van der Waals surface area contributed by atoms with Gasteiger partial charge in [-0.3, -0.25) is 0 Å². The normalized spacial score (nSPS) is 13.7. The van der Waals surface area contributed by atoms with Crippen LogP contribution in [0.15, 0.2) is 109 Å². The van der Waals surface area contributed by atoms with E-state index in [2.05, 4.69) is 128 Å². The topological polar surface area (TPSA) is 12.0 Å². The van der Waals surface area contributed by atoms with E-state index in [1.54, 1.807) is 0 Å². The Morgan fingerprint density at radius 2 is 1.37 bits per heavy atom. The fourth-order valence-electron chi connectivity index (χ4n) is 5.75. The van der Waals surface area contributed by atoms with Gasteiger partial charge in [-0.1, -0.05) is 98.8 Å². The SMILES string of the molecule is CC1(C)c2ccccc2-c2c(Nc3cc(-c4ccccc4)c4sc5ccccc5c4c3)cccc21. The molecule has 0 fully saturated rings. The van der Waals surface area contributed by atoms with Gasteiger partial charge in [0.05, 0.1) is 0 Å². The predicted octanol–water partition coefficient (Wildman–Crippen LogP) is 9.77. The molecule has 1 aromatic heterocycles. The second-order valence-electron chi connectivity index (χ2n) is 9.89. The largest absolute Gasteiger partial charge is 0.355 e. The molecule has 168 valence electrons. The second kappa shape index (κ2) is 7.56. The molecule has 0 unspecified atom stereocenters. The highest BCUT2D eigenvalue weighted by Gasteiger charge is 2.36. The Balaban J connectivity index is 1.45. The second-order valence-corrected chi connectivity index (χ2v) is 10.9. The minimum Gasteiger partial charge on any atom is -0.355 e. The van der Waals surface area contributed by atoms with E-state index < -0.39 is 0 Å². The smallest absolute Gasteiger partial charge is 0.0467 e. The lowest BCUT2D eigenvalue weighted by atomic mass is 9.82. The quantitative estimate of drug-likeness (QED) is 0.273. The number of fused-ring (bicyclic) bond motifs is 6. The van der Waals surface area contributed by atoms with E-state index >= 15 is 0 Å². The average molecular weight is 468 g/mol. The molecule has 1 heterocycles. The molecule has 0 atom stereocenters. The van der Waals surface area contributed by atoms with Gasteiger partial charge in [0.15, 0.2) is 0 Å². The van der Waals surface area contributed by atoms with Gasteiger partial charge in [-0.15, -0.1) is 11.3 Å². The van der Waals surface area contributed by atoms with E-state index in [0.717, 1.165) is 5.69 Å². The summed E-state index contributed by atoms with van der Waals surface area (Å²) in [4.78, 5) is 0. The number of hydrogen-bond donors (Lipinski definition) is 1. The zero-order chi connectivity index (χ0) is 23.6. The third kappa shape index (κ3) is 3.07. The van der Waals surface area contributed by atoms with Crippen LogP contribution in [0.2, 0.25) is 0 Å². The first-order valence-electron chi connectivity index (χ1n) is 12.1. The van der Waals surface area contributed by atoms with E-state index in [4.69, 9.17) is 0 Å². The standard InChI is InChI=1S/C33H25NS/c1-33(2)27-15-8-6-14-24(27)31-28(33)16-10-17-29(31)34-22-19-25(21-11-4-3-5-12-21)32-26(20-22)23-13-7-9-18-30(23)35-32/h3-20,34H,1-2H3. The number of benzene rings is 5. The third-order valence-electron chi connectivity index (χ3n) is 7.45. The summed E-state index contributed by atoms with van der Waals surface area (Å²) in [6.07, 6.45) is 0. The molecule has 2 heteroatoms. The van der Waals surface area contributed by atoms with Gasteiger partial charge in [0.25, 0.3) is 0 Å². The van der Waals surface area contributed by atoms with E-state index in [9.17, 15) is 0 Å². The minimum atomic E-state index is -0.00761. The third-order valence-corrected chi connectivity index (χ3v) is 8.67. The molecule has 7 rings (SSSR count). The molecular weight excluding hydrogens is 442 g/mol. The van der Waals surface area contributed by atoms with E-state index in [1.165, 1.54) is 59.2 Å². The maximum atomic E-state index is 3.84. The zero-order valence-electron chi connectivity index (χ0n) is 19.8. The molecule has 0 amide bonds. The van der Waals surface area contributed by atoms with Crippen LogP contribution >= 0.6 is 11.3 Å². The average Bonchev–Trinajstić information content (AvgIpc) is 3.38. The fourth-order valence-corrected chi connectivity index (χ4v) is 6.97. The highest BCUT2D eigenvalue weighted by Crippen LogP contribution is 2.52. The lowest BCUT2D eigenvalue weighted by Gasteiger charge is -2.21. The Morgan fingerprint density at radius 1 is 0.629 bits per heavy atom. The van der Waals surface area contributed by atoms with Crippen molar-refractivity contribution in [3.63, 3.8) is 0 Å². The van der Waals surface area contributed by atoms with Gasteiger partial charge in [-0.2, -0.15) is 0 Å². The Labute approximate surface area is 209 Å². The first-order valence-corrected chi connectivity index (χ1v) is 12.9. The van der Waals surface area contributed by atoms with Gasteiger partial charge >= 0.3 is 0 Å². The molecule has 5 aromatic carbocycles. The Hall–Kier alpha value is -3.88. The molecule has 0 aliphatic heterocycles. The summed E-state index contributed by atoms with van der Waals surface area (Å²) in [5.41, 5.74) is 10.2. The molecular formula is C33H25NS. The van der Waals surface area contributed by atoms with Crippen LogP contribution in [0.25, 0.3) is 42.4 Å². The monoisotopic (exact) mass is 467 g/mol. The van der Waals surface area contributed by atoms with E-state index in [0.29, 0.717) is 0 Å². The Morgan fingerprint density at radius 3 is 2.26 bits per heavy atom. The number of nitrogens with one attached hydrogen (secondary N) is 1. The number of rotatable bonds is 3. The van der Waals surface area contributed by atoms with Crippen molar-refractivity contribution in [2.75, 3.05) is 5.32 Å². The highest BCUT2D eigenvalue weighted by atomic mass is 32.1. The molecule has 0 saturated carbocycles. The van der Waals surface area contributed by atoms with Crippen LogP contribution in [-0.2, 0) is 5.41 Å². The predicted molar refractivity (Wildman–Crippen MR) is 152 cm³/mol. The van der Waals surface area contributed by atoms with Crippen molar-refractivity contribution in [2.24, 2.45) is 0 Å². The van der Waals surface area contributed by atoms with Gasteiger partial charge in [-0.25, -0.2) is 0 Å². The summed E-state index contributed by atoms with van der Waals surface area (Å²) in [6.45, 7) is 4.66. The Kier molecular flexibility index (Phi) is 4.43. The van der Waals surface area contributed by atoms with Crippen LogP contribution in [0, 0.1) is 0 Å². The molecule has 35 heavy (non-hydrogen) atoms. The van der Waals surface area contributed by atoms with Gasteiger partial charge in [0.2, 0.25) is 0 Å². The Bertz CT molecular complexity index is 1740. The summed E-state index contributed by atoms with van der Waals surface area (Å²) >= 11 is 1.88. The molecule has 0 saturated heterocycles. The number of anilines is 2. The van der Waals surface area contributed by atoms with Gasteiger partial charge in [0.1, 0.15) is 0 Å². The van der Waals surface area contributed by atoms with Crippen molar-refractivity contribution in [1.29, 1.82) is 0 Å². The first kappa shape index (κ1) is 20.5. The fraction of sp³-hybridized carbons (Fsp3) is 0.0909. The van der Waals surface area contributed by atoms with Crippen LogP contribution in [0.5, 0.6) is 0 Å². The van der Waals surface area contributed by atoms with Crippen molar-refractivity contribution in [1.82, 2.24) is 0 Å². The van der Waals surface area contributed by atoms with Crippen LogP contribution in [0.4, 0.5) is 11.4 Å². The first-order chi connectivity index (χ1) is 17.1. The van der Waals surface area contributed by atoms with Crippen molar-refractivity contribution in [2.45, 2.75) is 19.3 Å². The van der Waals surface area contributed by atoms with Crippen molar-refractivity contribution in [3.05, 3.63) is 120 Å². The number of thiophene rings is 1. The summed E-state index contributed by atoms with van der Waals surface area (Å²) < 4.78 is 2.67. The van der Waals surface area contributed by atoms with Crippen molar-refractivity contribution in [3.8, 4) is 22.3 Å². The summed E-state index contributed by atoms with van der Waals surface area (Å²) in [7, 11) is 0. The zero-order valence-corrected chi connectivity index (χ0v) is 20.6. The van der Waals surface area contributed by atoms with Gasteiger partial charge in [-0.05, 0) is 46.5 Å². The van der Waals surface area contributed by atoms with Gasteiger partial charge in [0, 0.05) is 48.1 Å². The highest BCUT2D eigenvalue weighted by molar-refractivity contribution is 7.26. The summed E-state index contributed by atoms with van der Waals surface area (Å²) in [5, 5.41) is 6.47. The summed E-state index contributed by atoms with van der Waals surface area (Å²) in [6, 6.07) is 39.7. The maximum absolute atomic E-state index is 3.84. The number of hydrogen-bond acceptors (Lipinski definition) is 2. The van der Waals surface area contributed by atoms with Crippen LogP contribution < -0.4 is 5.32 Å². The van der Waals surface area contributed by atoms with Crippen molar-refractivity contribution < 1.29 is 0 Å². The molecule has 6 aromatic rings. The molecule has 0 bridgehead atoms. The molecule has 1 nitrogen and oxygen atoms in total. The molecule has 0 radical (unpaired) electrons. The van der Waals surface area contributed by atoms with E-state index in [1.807, 2.05) is 11.3 Å². The lowest BCUT2D eigenvalue weighted by molar-refractivity contribution is 0.660. The van der Waals surface area contributed by atoms with Crippen molar-refractivity contribution >= 4 is 42.9 Å². The molecule has 1 aliphatic rings. The van der Waals surface area contributed by atoms with Crippen LogP contribution in [0.1, 0.15) is 25.0 Å². The van der Waals surface area contributed by atoms with Crippen LogP contribution in [0.3, 0.4) is 0 Å². The lowest BCUT2D eigenvalue weighted by Crippen LogP contribution is -2.14. The minimum absolute atomic E-state index is 0.00761. The molecule has 0 spiro atoms.